The number of fused-ring (bicyclic) bond motifs is 2. The van der Waals surface area contributed by atoms with Crippen molar-refractivity contribution in [3.63, 3.8) is 0 Å². The molecule has 6 fully saturated rings. The van der Waals surface area contributed by atoms with Crippen molar-refractivity contribution in [1.29, 1.82) is 0 Å². The van der Waals surface area contributed by atoms with Crippen LogP contribution < -0.4 is 0 Å². The van der Waals surface area contributed by atoms with Crippen LogP contribution in [0.1, 0.15) is 92.4 Å². The minimum Gasteiger partial charge on any atom is -0.392 e. The van der Waals surface area contributed by atoms with Gasteiger partial charge < -0.3 is 10.2 Å². The highest BCUT2D eigenvalue weighted by Crippen LogP contribution is 2.87. The summed E-state index contributed by atoms with van der Waals surface area (Å²) in [6.07, 6.45) is 16.4. The molecule has 6 aliphatic carbocycles. The van der Waals surface area contributed by atoms with E-state index >= 15 is 0 Å². The second-order valence-corrected chi connectivity index (χ2v) is 12.7. The third kappa shape index (κ3) is 3.68. The van der Waals surface area contributed by atoms with Gasteiger partial charge in [-0.25, -0.2) is 0 Å². The first-order valence-electron chi connectivity index (χ1n) is 13.3. The van der Waals surface area contributed by atoms with E-state index in [-0.39, 0.29) is 13.2 Å². The molecule has 180 valence electrons. The van der Waals surface area contributed by atoms with Gasteiger partial charge in [0, 0.05) is 0 Å². The molecule has 2 N–H and O–H groups in total. The fourth-order valence-electron chi connectivity index (χ4n) is 8.84. The lowest BCUT2D eigenvalue weighted by molar-refractivity contribution is 0.154. The van der Waals surface area contributed by atoms with Crippen LogP contribution in [0.2, 0.25) is 0 Å². The smallest absolute Gasteiger partial charge is 0.0639 e. The lowest BCUT2D eigenvalue weighted by atomic mass is 9.69. The standard InChI is InChI=1S/2C15H24O/c1-10(9-16)5-4-6-14(2)11-7-12-13(8-11)15(12,14)3;1-11(10-16)5-4-8-15(3)12(2)13-6-7-14(15)9-13/h5,11-13,16H,4,6-9H2,1-3H3;5,13-14,16H,2,4,6-10H2,1,3H3. The molecule has 0 amide bonds. The largest absolute Gasteiger partial charge is 0.392 e. The van der Waals surface area contributed by atoms with Gasteiger partial charge in [0.1, 0.15) is 0 Å². The van der Waals surface area contributed by atoms with Crippen LogP contribution >= 0.6 is 0 Å². The highest BCUT2D eigenvalue weighted by molar-refractivity contribution is 5.29. The van der Waals surface area contributed by atoms with E-state index in [4.69, 9.17) is 10.2 Å². The molecule has 0 spiro atoms. The van der Waals surface area contributed by atoms with Crippen LogP contribution in [0.4, 0.5) is 0 Å². The summed E-state index contributed by atoms with van der Waals surface area (Å²) in [6.45, 7) is 16.3. The Bertz CT molecular complexity index is 779. The predicted molar refractivity (Wildman–Crippen MR) is 134 cm³/mol. The van der Waals surface area contributed by atoms with Gasteiger partial charge in [-0.1, -0.05) is 56.2 Å². The van der Waals surface area contributed by atoms with Crippen LogP contribution in [0.3, 0.4) is 0 Å². The first kappa shape index (κ1) is 24.3. The molecule has 6 bridgehead atoms. The molecule has 6 rings (SSSR count). The maximum absolute atomic E-state index is 8.99. The number of allylic oxidation sites excluding steroid dienone is 3. The third-order valence-electron chi connectivity index (χ3n) is 11.5. The van der Waals surface area contributed by atoms with Crippen LogP contribution in [-0.2, 0) is 0 Å². The summed E-state index contributed by atoms with van der Waals surface area (Å²) < 4.78 is 0. The molecule has 6 unspecified atom stereocenters. The summed E-state index contributed by atoms with van der Waals surface area (Å²) in [5.41, 5.74) is 5.42. The SMILES string of the molecule is C=C1C2CCC(C2)C1(C)CCC=C(C)CO.CC(=CCCC1(C)C2CC3C(C2)C31C)CO. The average Bonchev–Trinajstić information content (AvgIpc) is 3.36. The lowest BCUT2D eigenvalue weighted by Crippen LogP contribution is -2.26. The number of hydrogen-bond acceptors (Lipinski definition) is 2. The van der Waals surface area contributed by atoms with Crippen molar-refractivity contribution in [2.75, 3.05) is 13.2 Å². The van der Waals surface area contributed by atoms with Crippen LogP contribution in [0.15, 0.2) is 35.5 Å². The van der Waals surface area contributed by atoms with Crippen molar-refractivity contribution in [2.45, 2.75) is 92.4 Å². The monoisotopic (exact) mass is 440 g/mol. The summed E-state index contributed by atoms with van der Waals surface area (Å²) in [7, 11) is 0. The summed E-state index contributed by atoms with van der Waals surface area (Å²) in [5, 5.41) is 18.0. The molecule has 0 radical (unpaired) electrons. The van der Waals surface area contributed by atoms with Gasteiger partial charge in [0.25, 0.3) is 0 Å². The van der Waals surface area contributed by atoms with Gasteiger partial charge in [-0.2, -0.15) is 0 Å². The van der Waals surface area contributed by atoms with E-state index in [0.717, 1.165) is 53.6 Å². The average molecular weight is 441 g/mol. The Labute approximate surface area is 197 Å². The van der Waals surface area contributed by atoms with Gasteiger partial charge in [0.05, 0.1) is 13.2 Å². The van der Waals surface area contributed by atoms with E-state index in [1.807, 2.05) is 13.8 Å². The summed E-state index contributed by atoms with van der Waals surface area (Å²) >= 11 is 0. The molecule has 6 atom stereocenters. The molecule has 32 heavy (non-hydrogen) atoms. The highest BCUT2D eigenvalue weighted by Gasteiger charge is 2.80. The molecule has 6 aliphatic rings. The van der Waals surface area contributed by atoms with Gasteiger partial charge in [0.2, 0.25) is 0 Å². The van der Waals surface area contributed by atoms with E-state index in [0.29, 0.717) is 16.2 Å². The second-order valence-electron chi connectivity index (χ2n) is 12.7. The van der Waals surface area contributed by atoms with Crippen molar-refractivity contribution in [1.82, 2.24) is 0 Å². The molecular weight excluding hydrogens is 392 g/mol. The van der Waals surface area contributed by atoms with Gasteiger partial charge in [-0.05, 0) is 117 Å². The molecule has 0 aromatic carbocycles. The third-order valence-corrected chi connectivity index (χ3v) is 11.5. The summed E-state index contributed by atoms with van der Waals surface area (Å²) in [5.74, 6) is 4.86. The lowest BCUT2D eigenvalue weighted by Gasteiger charge is -2.36. The maximum atomic E-state index is 8.99. The van der Waals surface area contributed by atoms with Gasteiger partial charge in [-0.3, -0.25) is 0 Å². The highest BCUT2D eigenvalue weighted by atomic mass is 16.3. The minimum atomic E-state index is 0.198. The normalized spacial score (nSPS) is 46.0. The fraction of sp³-hybridized carbons (Fsp3) is 0.800. The number of rotatable bonds is 8. The number of hydrogen-bond donors (Lipinski definition) is 2. The van der Waals surface area contributed by atoms with E-state index in [9.17, 15) is 0 Å². The molecule has 6 saturated carbocycles. The van der Waals surface area contributed by atoms with E-state index in [2.05, 4.69) is 39.5 Å². The van der Waals surface area contributed by atoms with Crippen LogP contribution in [-0.4, -0.2) is 23.4 Å². The molecule has 2 heteroatoms. The molecule has 0 aromatic rings. The van der Waals surface area contributed by atoms with E-state index in [1.165, 1.54) is 50.5 Å². The molecular formula is C30H48O2. The Morgan fingerprint density at radius 2 is 1.44 bits per heavy atom. The summed E-state index contributed by atoms with van der Waals surface area (Å²) in [4.78, 5) is 0. The zero-order chi connectivity index (χ0) is 23.3. The molecule has 0 saturated heterocycles. The van der Waals surface area contributed by atoms with Gasteiger partial charge >= 0.3 is 0 Å². The predicted octanol–water partition coefficient (Wildman–Crippen LogP) is 7.09. The van der Waals surface area contributed by atoms with Crippen molar-refractivity contribution in [2.24, 2.45) is 45.8 Å². The van der Waals surface area contributed by atoms with Crippen molar-refractivity contribution >= 4 is 0 Å². The maximum Gasteiger partial charge on any atom is 0.0639 e. The Morgan fingerprint density at radius 3 is 1.88 bits per heavy atom. The Hall–Kier alpha value is -0.860. The van der Waals surface area contributed by atoms with Crippen LogP contribution in [0, 0.1) is 45.8 Å². The van der Waals surface area contributed by atoms with Crippen molar-refractivity contribution in [3.8, 4) is 0 Å². The first-order chi connectivity index (χ1) is 15.1. The zero-order valence-electron chi connectivity index (χ0n) is 21.4. The van der Waals surface area contributed by atoms with Gasteiger partial charge in [0.15, 0.2) is 0 Å². The molecule has 0 heterocycles. The fourth-order valence-corrected chi connectivity index (χ4v) is 8.84. The Kier molecular flexibility index (Phi) is 6.62. The van der Waals surface area contributed by atoms with Crippen LogP contribution in [0.5, 0.6) is 0 Å². The summed E-state index contributed by atoms with van der Waals surface area (Å²) in [6, 6.07) is 0. The van der Waals surface area contributed by atoms with Crippen molar-refractivity contribution < 1.29 is 10.2 Å². The quantitative estimate of drug-likeness (QED) is 0.396. The first-order valence-corrected chi connectivity index (χ1v) is 13.3. The Balaban J connectivity index is 0.000000153. The molecule has 2 nitrogen and oxygen atoms in total. The number of aliphatic hydroxyl groups is 2. The topological polar surface area (TPSA) is 40.5 Å². The van der Waals surface area contributed by atoms with Crippen molar-refractivity contribution in [3.05, 3.63) is 35.5 Å². The van der Waals surface area contributed by atoms with E-state index < -0.39 is 0 Å². The molecule has 0 aliphatic heterocycles. The van der Waals surface area contributed by atoms with E-state index in [1.54, 1.807) is 0 Å². The zero-order valence-corrected chi connectivity index (χ0v) is 21.4. The Morgan fingerprint density at radius 1 is 0.875 bits per heavy atom. The van der Waals surface area contributed by atoms with Gasteiger partial charge in [-0.15, -0.1) is 0 Å². The number of aliphatic hydroxyl groups excluding tert-OH is 2. The van der Waals surface area contributed by atoms with Crippen LogP contribution in [0.25, 0.3) is 0 Å². The minimum absolute atomic E-state index is 0.198. The second kappa shape index (κ2) is 8.73. The molecule has 0 aromatic heterocycles.